The Balaban J connectivity index is 2.18. The number of hydrogen-bond donors (Lipinski definition) is 3. The molecule has 0 radical (unpaired) electrons. The van der Waals surface area contributed by atoms with Gasteiger partial charge in [-0.1, -0.05) is 0 Å². The molecule has 132 valence electrons. The third-order valence-corrected chi connectivity index (χ3v) is 3.53. The molecule has 0 heterocycles. The van der Waals surface area contributed by atoms with Crippen molar-refractivity contribution in [1.29, 1.82) is 0 Å². The number of rotatable bonds is 7. The zero-order valence-electron chi connectivity index (χ0n) is 12.7. The third-order valence-electron chi connectivity index (χ3n) is 3.53. The van der Waals surface area contributed by atoms with Gasteiger partial charge in [-0.3, -0.25) is 20.2 Å². The van der Waals surface area contributed by atoms with Gasteiger partial charge in [-0.25, -0.2) is 4.39 Å². The molecule has 0 spiro atoms. The first-order valence-corrected chi connectivity index (χ1v) is 7.07. The summed E-state index contributed by atoms with van der Waals surface area (Å²) in [6, 6.07) is 6.92. The Morgan fingerprint density at radius 1 is 1.04 bits per heavy atom. The number of hydrogen-bond acceptors (Lipinski definition) is 7. The smallest absolute Gasteiger partial charge is 0.272 e. The van der Waals surface area contributed by atoms with Gasteiger partial charge >= 0.3 is 0 Å². The van der Waals surface area contributed by atoms with Gasteiger partial charge in [0.1, 0.15) is 6.10 Å². The minimum absolute atomic E-state index is 0.134. The molecule has 0 fully saturated rings. The predicted octanol–water partition coefficient (Wildman–Crippen LogP) is 2.15. The molecule has 0 aliphatic rings. The highest BCUT2D eigenvalue weighted by molar-refractivity contribution is 5.51. The van der Waals surface area contributed by atoms with Crippen LogP contribution in [0.25, 0.3) is 0 Å². The first kappa shape index (κ1) is 18.2. The number of nitro benzene ring substituents is 2. The van der Waals surface area contributed by atoms with Crippen LogP contribution in [0.3, 0.4) is 0 Å². The van der Waals surface area contributed by atoms with Gasteiger partial charge < -0.3 is 15.5 Å². The molecule has 2 aromatic carbocycles. The van der Waals surface area contributed by atoms with Crippen LogP contribution >= 0.6 is 0 Å². The number of non-ortho nitro benzene ring substituents is 2. The average Bonchev–Trinajstić information content (AvgIpc) is 2.60. The number of aliphatic hydroxyl groups excluding tert-OH is 2. The fourth-order valence-corrected chi connectivity index (χ4v) is 2.18. The summed E-state index contributed by atoms with van der Waals surface area (Å²) in [5, 5.41) is 43.5. The van der Waals surface area contributed by atoms with Crippen molar-refractivity contribution in [2.45, 2.75) is 12.1 Å². The molecule has 25 heavy (non-hydrogen) atoms. The van der Waals surface area contributed by atoms with Crippen molar-refractivity contribution >= 4 is 17.1 Å². The zero-order valence-corrected chi connectivity index (χ0v) is 12.7. The standard InChI is InChI=1S/C15H14FN3O6/c16-12-7-11(19(24)25)5-6-13(12)17-14(8-20)15(21)9-1-3-10(4-2-9)18(22)23/h1-7,14-15,17,20-21H,8H2. The van der Waals surface area contributed by atoms with Gasteiger partial charge in [-0.15, -0.1) is 0 Å². The summed E-state index contributed by atoms with van der Waals surface area (Å²) in [4.78, 5) is 19.9. The van der Waals surface area contributed by atoms with E-state index in [0.717, 1.165) is 18.2 Å². The molecule has 2 aromatic rings. The molecule has 10 heteroatoms. The molecule has 3 N–H and O–H groups in total. The van der Waals surface area contributed by atoms with E-state index in [4.69, 9.17) is 0 Å². The third kappa shape index (κ3) is 4.25. The number of aliphatic hydroxyl groups is 2. The van der Waals surface area contributed by atoms with Gasteiger partial charge in [-0.05, 0) is 23.8 Å². The van der Waals surface area contributed by atoms with Gasteiger partial charge in [0, 0.05) is 18.2 Å². The molecule has 2 atom stereocenters. The monoisotopic (exact) mass is 351 g/mol. The Morgan fingerprint density at radius 3 is 2.08 bits per heavy atom. The fourth-order valence-electron chi connectivity index (χ4n) is 2.18. The molecule has 0 amide bonds. The van der Waals surface area contributed by atoms with Crippen LogP contribution in [0.2, 0.25) is 0 Å². The van der Waals surface area contributed by atoms with E-state index in [9.17, 15) is 34.8 Å². The molecule has 2 unspecified atom stereocenters. The summed E-state index contributed by atoms with van der Waals surface area (Å²) in [5.74, 6) is -0.913. The maximum atomic E-state index is 13.9. The molecule has 0 bridgehead atoms. The quantitative estimate of drug-likeness (QED) is 0.513. The Labute approximate surface area is 140 Å². The van der Waals surface area contributed by atoms with E-state index in [1.54, 1.807) is 0 Å². The minimum atomic E-state index is -1.29. The normalized spacial score (nSPS) is 13.1. The summed E-state index contributed by atoms with van der Waals surface area (Å²) in [5.41, 5.74) is -0.449. The van der Waals surface area contributed by atoms with Crippen molar-refractivity contribution < 1.29 is 24.5 Å². The number of nitro groups is 2. The van der Waals surface area contributed by atoms with E-state index in [-0.39, 0.29) is 16.9 Å². The van der Waals surface area contributed by atoms with Crippen LogP contribution in [0.1, 0.15) is 11.7 Å². The average molecular weight is 351 g/mol. The van der Waals surface area contributed by atoms with E-state index in [1.165, 1.54) is 24.3 Å². The number of halogens is 1. The van der Waals surface area contributed by atoms with Gasteiger partial charge in [-0.2, -0.15) is 0 Å². The van der Waals surface area contributed by atoms with Crippen molar-refractivity contribution in [3.63, 3.8) is 0 Å². The highest BCUT2D eigenvalue weighted by Crippen LogP contribution is 2.25. The highest BCUT2D eigenvalue weighted by Gasteiger charge is 2.22. The van der Waals surface area contributed by atoms with E-state index >= 15 is 0 Å². The number of anilines is 1. The molecule has 2 rings (SSSR count). The Morgan fingerprint density at radius 2 is 1.60 bits per heavy atom. The summed E-state index contributed by atoms with van der Waals surface area (Å²) in [6.07, 6.45) is -1.29. The lowest BCUT2D eigenvalue weighted by molar-refractivity contribution is -0.385. The van der Waals surface area contributed by atoms with Crippen LogP contribution in [0, 0.1) is 26.0 Å². The molecule has 0 saturated carbocycles. The summed E-state index contributed by atoms with van der Waals surface area (Å²) >= 11 is 0. The Kier molecular flexibility index (Phi) is 5.57. The highest BCUT2D eigenvalue weighted by atomic mass is 19.1. The van der Waals surface area contributed by atoms with Crippen molar-refractivity contribution in [2.24, 2.45) is 0 Å². The lowest BCUT2D eigenvalue weighted by Gasteiger charge is -2.23. The summed E-state index contributed by atoms with van der Waals surface area (Å²) in [7, 11) is 0. The fraction of sp³-hybridized carbons (Fsp3) is 0.200. The van der Waals surface area contributed by atoms with Crippen LogP contribution in [0.5, 0.6) is 0 Å². The molecule has 0 aliphatic heterocycles. The van der Waals surface area contributed by atoms with Gasteiger partial charge in [0.2, 0.25) is 0 Å². The maximum Gasteiger partial charge on any atom is 0.272 e. The molecule has 0 aliphatic carbocycles. The van der Waals surface area contributed by atoms with E-state index in [2.05, 4.69) is 5.32 Å². The van der Waals surface area contributed by atoms with Crippen LogP contribution < -0.4 is 5.32 Å². The molecule has 0 aromatic heterocycles. The van der Waals surface area contributed by atoms with Crippen LogP contribution in [0.15, 0.2) is 42.5 Å². The van der Waals surface area contributed by atoms with E-state index < -0.39 is 40.1 Å². The van der Waals surface area contributed by atoms with Crippen LogP contribution in [-0.2, 0) is 0 Å². The Bertz CT molecular complexity index is 783. The minimum Gasteiger partial charge on any atom is -0.394 e. The topological polar surface area (TPSA) is 139 Å². The second kappa shape index (κ2) is 7.64. The SMILES string of the molecule is O=[N+]([O-])c1ccc(C(O)C(CO)Nc2ccc([N+](=O)[O-])cc2F)cc1. The van der Waals surface area contributed by atoms with Crippen LogP contribution in [-0.4, -0.2) is 32.7 Å². The van der Waals surface area contributed by atoms with Gasteiger partial charge in [0.25, 0.3) is 11.4 Å². The van der Waals surface area contributed by atoms with Gasteiger partial charge in [0.05, 0.1) is 34.2 Å². The van der Waals surface area contributed by atoms with Crippen molar-refractivity contribution in [3.8, 4) is 0 Å². The zero-order chi connectivity index (χ0) is 18.6. The first-order valence-electron chi connectivity index (χ1n) is 7.07. The van der Waals surface area contributed by atoms with Crippen molar-refractivity contribution in [3.05, 3.63) is 74.1 Å². The second-order valence-corrected chi connectivity index (χ2v) is 5.15. The van der Waals surface area contributed by atoms with E-state index in [0.29, 0.717) is 0 Å². The van der Waals surface area contributed by atoms with Crippen molar-refractivity contribution in [1.82, 2.24) is 0 Å². The number of benzene rings is 2. The van der Waals surface area contributed by atoms with Crippen LogP contribution in [0.4, 0.5) is 21.5 Å². The summed E-state index contributed by atoms with van der Waals surface area (Å²) < 4.78 is 13.9. The number of nitrogens with one attached hydrogen (secondary N) is 1. The molecular weight excluding hydrogens is 337 g/mol. The molecular formula is C15H14FN3O6. The molecule has 9 nitrogen and oxygen atoms in total. The largest absolute Gasteiger partial charge is 0.394 e. The first-order chi connectivity index (χ1) is 11.8. The molecule has 0 saturated heterocycles. The van der Waals surface area contributed by atoms with E-state index in [1.807, 2.05) is 0 Å². The lowest BCUT2D eigenvalue weighted by atomic mass is 10.0. The predicted molar refractivity (Wildman–Crippen MR) is 85.6 cm³/mol. The lowest BCUT2D eigenvalue weighted by Crippen LogP contribution is -2.31. The summed E-state index contributed by atoms with van der Waals surface area (Å²) in [6.45, 7) is -0.575. The maximum absolute atomic E-state index is 13.9. The second-order valence-electron chi connectivity index (χ2n) is 5.15. The van der Waals surface area contributed by atoms with Crippen molar-refractivity contribution in [2.75, 3.05) is 11.9 Å². The van der Waals surface area contributed by atoms with Gasteiger partial charge in [0.15, 0.2) is 5.82 Å². The number of nitrogens with zero attached hydrogens (tertiary/aromatic N) is 2. The Hall–Kier alpha value is -3.11.